The molecule has 0 fully saturated rings. The van der Waals surface area contributed by atoms with E-state index < -0.39 is 0 Å². The average molecular weight is 386 g/mol. The zero-order chi connectivity index (χ0) is 16.6. The van der Waals surface area contributed by atoms with Gasteiger partial charge in [0.05, 0.1) is 17.5 Å². The highest BCUT2D eigenvalue weighted by Gasteiger charge is 2.31. The van der Waals surface area contributed by atoms with Crippen molar-refractivity contribution in [3.8, 4) is 10.7 Å². The van der Waals surface area contributed by atoms with Crippen molar-refractivity contribution in [3.63, 3.8) is 0 Å². The minimum atomic E-state index is 0.284. The van der Waals surface area contributed by atoms with Gasteiger partial charge in [0.25, 0.3) is 0 Å². The fourth-order valence-electron chi connectivity index (χ4n) is 3.32. The number of thiophene rings is 3. The first kappa shape index (κ1) is 15.5. The Bertz CT molecular complexity index is 956. The summed E-state index contributed by atoms with van der Waals surface area (Å²) in [6.07, 6.45) is 1.08. The van der Waals surface area contributed by atoms with Crippen LogP contribution in [-0.2, 0) is 13.0 Å². The highest BCUT2D eigenvalue weighted by molar-refractivity contribution is 7.13. The fourth-order valence-corrected chi connectivity index (χ4v) is 5.75. The van der Waals surface area contributed by atoms with Gasteiger partial charge in [0.15, 0.2) is 0 Å². The number of fused-ring (bicyclic) bond motifs is 1. The molecule has 0 amide bonds. The topological polar surface area (TPSA) is 42.2 Å². The highest BCUT2D eigenvalue weighted by Crippen LogP contribution is 2.40. The second-order valence-electron chi connectivity index (χ2n) is 5.93. The van der Waals surface area contributed by atoms with Gasteiger partial charge in [-0.25, -0.2) is 0 Å². The lowest BCUT2D eigenvalue weighted by molar-refractivity contribution is 0.181. The Morgan fingerprint density at radius 3 is 2.84 bits per heavy atom. The lowest BCUT2D eigenvalue weighted by Gasteiger charge is -2.34. The molecule has 25 heavy (non-hydrogen) atoms. The normalized spacial score (nSPS) is 17.7. The highest BCUT2D eigenvalue weighted by atomic mass is 32.1. The zero-order valence-electron chi connectivity index (χ0n) is 13.3. The predicted molar refractivity (Wildman–Crippen MR) is 102 cm³/mol. The van der Waals surface area contributed by atoms with E-state index >= 15 is 0 Å². The van der Waals surface area contributed by atoms with Gasteiger partial charge in [-0.15, -0.1) is 34.0 Å². The van der Waals surface area contributed by atoms with Crippen molar-refractivity contribution in [2.45, 2.75) is 19.0 Å². The molecule has 0 saturated carbocycles. The first-order valence-electron chi connectivity index (χ1n) is 8.08. The maximum Gasteiger partial charge on any atom is 0.241 e. The molecule has 0 bridgehead atoms. The first-order valence-corrected chi connectivity index (χ1v) is 10.7. The van der Waals surface area contributed by atoms with E-state index in [2.05, 4.69) is 44.0 Å². The Morgan fingerprint density at radius 2 is 2.00 bits per heavy atom. The van der Waals surface area contributed by atoms with Gasteiger partial charge < -0.3 is 4.52 Å². The van der Waals surface area contributed by atoms with E-state index in [9.17, 15) is 0 Å². The number of aromatic nitrogens is 2. The molecule has 1 aliphatic rings. The van der Waals surface area contributed by atoms with Crippen molar-refractivity contribution in [2.75, 3.05) is 6.54 Å². The fraction of sp³-hybridized carbons (Fsp3) is 0.222. The van der Waals surface area contributed by atoms with Crippen LogP contribution in [0.4, 0.5) is 0 Å². The molecule has 0 saturated heterocycles. The summed E-state index contributed by atoms with van der Waals surface area (Å²) in [5.74, 6) is 1.37. The molecule has 0 aliphatic carbocycles. The summed E-state index contributed by atoms with van der Waals surface area (Å²) in [5, 5.41) is 10.5. The first-order chi connectivity index (χ1) is 12.4. The summed E-state index contributed by atoms with van der Waals surface area (Å²) in [6, 6.07) is 10.9. The van der Waals surface area contributed by atoms with Crippen LogP contribution in [0, 0.1) is 0 Å². The molecule has 0 N–H and O–H groups in total. The van der Waals surface area contributed by atoms with E-state index in [1.807, 2.05) is 40.2 Å². The lowest BCUT2D eigenvalue weighted by atomic mass is 9.98. The minimum Gasteiger partial charge on any atom is -0.338 e. The second-order valence-corrected chi connectivity index (χ2v) is 8.85. The molecule has 0 aromatic carbocycles. The van der Waals surface area contributed by atoms with Gasteiger partial charge in [-0.05, 0) is 46.3 Å². The van der Waals surface area contributed by atoms with Crippen LogP contribution in [0.1, 0.15) is 27.3 Å². The summed E-state index contributed by atoms with van der Waals surface area (Å²) in [7, 11) is 0. The Hall–Kier alpha value is -1.80. The molecular formula is C18H15N3OS3. The van der Waals surface area contributed by atoms with E-state index in [1.54, 1.807) is 11.3 Å². The summed E-state index contributed by atoms with van der Waals surface area (Å²) in [5.41, 5.74) is 1.43. The smallest absolute Gasteiger partial charge is 0.241 e. The molecule has 7 heteroatoms. The molecular weight excluding hydrogens is 370 g/mol. The molecule has 0 unspecified atom stereocenters. The van der Waals surface area contributed by atoms with E-state index in [1.165, 1.54) is 15.3 Å². The average Bonchev–Trinajstić information content (AvgIpc) is 3.39. The van der Waals surface area contributed by atoms with Crippen molar-refractivity contribution >= 4 is 34.0 Å². The third-order valence-corrected chi connectivity index (χ3v) is 7.21. The van der Waals surface area contributed by atoms with E-state index in [0.717, 1.165) is 17.8 Å². The molecule has 4 nitrogen and oxygen atoms in total. The third kappa shape index (κ3) is 2.87. The SMILES string of the molecule is c1csc(-c2noc(CN3CCc4sccc4[C@H]3c3cccs3)n2)c1. The number of nitrogens with zero attached hydrogens (tertiary/aromatic N) is 3. The van der Waals surface area contributed by atoms with Gasteiger partial charge >= 0.3 is 0 Å². The molecule has 1 atom stereocenters. The van der Waals surface area contributed by atoms with Crippen molar-refractivity contribution in [3.05, 3.63) is 67.7 Å². The Kier molecular flexibility index (Phi) is 4.01. The molecule has 0 radical (unpaired) electrons. The second kappa shape index (κ2) is 6.49. The van der Waals surface area contributed by atoms with Crippen molar-refractivity contribution in [1.29, 1.82) is 0 Å². The maximum absolute atomic E-state index is 5.54. The Balaban J connectivity index is 1.45. The van der Waals surface area contributed by atoms with Crippen LogP contribution < -0.4 is 0 Å². The van der Waals surface area contributed by atoms with Crippen LogP contribution in [0.3, 0.4) is 0 Å². The molecule has 4 aromatic rings. The van der Waals surface area contributed by atoms with Gasteiger partial charge in [-0.1, -0.05) is 17.3 Å². The largest absolute Gasteiger partial charge is 0.338 e. The van der Waals surface area contributed by atoms with Gasteiger partial charge in [-0.3, -0.25) is 4.90 Å². The minimum absolute atomic E-state index is 0.284. The van der Waals surface area contributed by atoms with Gasteiger partial charge in [0, 0.05) is 16.3 Å². The molecule has 5 heterocycles. The maximum atomic E-state index is 5.54. The number of rotatable bonds is 4. The summed E-state index contributed by atoms with van der Waals surface area (Å²) < 4.78 is 5.54. The van der Waals surface area contributed by atoms with Gasteiger partial charge in [-0.2, -0.15) is 4.98 Å². The van der Waals surface area contributed by atoms with Crippen molar-refractivity contribution in [2.24, 2.45) is 0 Å². The van der Waals surface area contributed by atoms with Crippen molar-refractivity contribution in [1.82, 2.24) is 15.0 Å². The molecule has 1 aliphatic heterocycles. The quantitative estimate of drug-likeness (QED) is 0.492. The standard InChI is InChI=1S/C18H15N3OS3/c1-3-14(23-8-1)17-12-6-10-25-13(12)5-7-21(17)11-16-19-18(20-22-16)15-4-2-9-24-15/h1-4,6,8-10,17H,5,7,11H2/t17-/m0/s1. The molecule has 5 rings (SSSR count). The van der Waals surface area contributed by atoms with Crippen LogP contribution in [0.5, 0.6) is 0 Å². The number of hydrogen-bond donors (Lipinski definition) is 0. The zero-order valence-corrected chi connectivity index (χ0v) is 15.7. The van der Waals surface area contributed by atoms with Crippen LogP contribution in [0.25, 0.3) is 10.7 Å². The summed E-state index contributed by atoms with van der Waals surface area (Å²) >= 11 is 5.31. The number of hydrogen-bond acceptors (Lipinski definition) is 7. The van der Waals surface area contributed by atoms with Crippen LogP contribution in [0.15, 0.2) is 51.0 Å². The molecule has 4 aromatic heterocycles. The molecule has 0 spiro atoms. The van der Waals surface area contributed by atoms with Gasteiger partial charge in [0.1, 0.15) is 0 Å². The summed E-state index contributed by atoms with van der Waals surface area (Å²) in [6.45, 7) is 1.68. The van der Waals surface area contributed by atoms with Crippen molar-refractivity contribution < 1.29 is 4.52 Å². The van der Waals surface area contributed by atoms with Crippen LogP contribution in [0.2, 0.25) is 0 Å². The summed E-state index contributed by atoms with van der Waals surface area (Å²) in [4.78, 5) is 11.0. The van der Waals surface area contributed by atoms with E-state index in [0.29, 0.717) is 18.3 Å². The van der Waals surface area contributed by atoms with Crippen LogP contribution in [-0.4, -0.2) is 21.6 Å². The van der Waals surface area contributed by atoms with E-state index in [4.69, 9.17) is 4.52 Å². The lowest BCUT2D eigenvalue weighted by Crippen LogP contribution is -2.34. The predicted octanol–water partition coefficient (Wildman–Crippen LogP) is 5.07. The van der Waals surface area contributed by atoms with Gasteiger partial charge in [0.2, 0.25) is 11.7 Å². The Labute approximate surface area is 157 Å². The third-order valence-electron chi connectivity index (χ3n) is 4.43. The van der Waals surface area contributed by atoms with Crippen LogP contribution >= 0.6 is 34.0 Å². The monoisotopic (exact) mass is 385 g/mol. The van der Waals surface area contributed by atoms with E-state index in [-0.39, 0.29) is 6.04 Å². The molecule has 126 valence electrons. The Morgan fingerprint density at radius 1 is 1.08 bits per heavy atom.